The van der Waals surface area contributed by atoms with Crippen molar-refractivity contribution >= 4 is 11.8 Å². The van der Waals surface area contributed by atoms with E-state index < -0.39 is 6.04 Å². The summed E-state index contributed by atoms with van der Waals surface area (Å²) in [6.07, 6.45) is 5.37. The van der Waals surface area contributed by atoms with Crippen LogP contribution in [-0.4, -0.2) is 35.4 Å². The highest BCUT2D eigenvalue weighted by Gasteiger charge is 2.28. The Balaban J connectivity index is 1.71. The molecule has 0 aliphatic heterocycles. The zero-order chi connectivity index (χ0) is 23.1. The smallest absolute Gasteiger partial charge is 0.261 e. The summed E-state index contributed by atoms with van der Waals surface area (Å²) >= 11 is 0. The van der Waals surface area contributed by atoms with Gasteiger partial charge in [0, 0.05) is 12.6 Å². The van der Waals surface area contributed by atoms with Crippen molar-refractivity contribution in [1.82, 2.24) is 10.2 Å². The van der Waals surface area contributed by atoms with Crippen LogP contribution in [0.2, 0.25) is 0 Å². The Kier molecular flexibility index (Phi) is 8.26. The third-order valence-electron chi connectivity index (χ3n) is 5.94. The second-order valence-corrected chi connectivity index (χ2v) is 8.78. The monoisotopic (exact) mass is 440 g/mol. The lowest BCUT2D eigenvalue weighted by atomic mass is 9.95. The minimum atomic E-state index is -0.669. The van der Waals surface area contributed by atoms with Crippen LogP contribution < -0.4 is 10.1 Å². The molecule has 0 radical (unpaired) electrons. The number of rotatable bonds is 8. The first kappa shape index (κ1) is 23.8. The number of carbonyl (C=O) groups is 2. The van der Waals surface area contributed by atoms with Crippen LogP contribution in [0.3, 0.4) is 0 Å². The van der Waals surface area contributed by atoms with Crippen LogP contribution in [0, 0.1) is 19.7 Å². The highest BCUT2D eigenvalue weighted by Crippen LogP contribution is 2.19. The van der Waals surface area contributed by atoms with Gasteiger partial charge in [-0.05, 0) is 74.6 Å². The molecule has 5 nitrogen and oxygen atoms in total. The van der Waals surface area contributed by atoms with Gasteiger partial charge in [0.05, 0.1) is 0 Å². The molecule has 0 heterocycles. The van der Waals surface area contributed by atoms with E-state index >= 15 is 0 Å². The molecule has 1 atom stereocenters. The highest BCUT2D eigenvalue weighted by molar-refractivity contribution is 5.88. The number of aryl methyl sites for hydroxylation is 2. The predicted molar refractivity (Wildman–Crippen MR) is 123 cm³/mol. The zero-order valence-electron chi connectivity index (χ0n) is 19.2. The van der Waals surface area contributed by atoms with E-state index in [0.717, 1.165) is 42.4 Å². The van der Waals surface area contributed by atoms with Crippen molar-refractivity contribution in [3.8, 4) is 5.75 Å². The van der Waals surface area contributed by atoms with Crippen LogP contribution in [0.1, 0.15) is 55.7 Å². The minimum absolute atomic E-state index is 0.160. The molecule has 32 heavy (non-hydrogen) atoms. The zero-order valence-corrected chi connectivity index (χ0v) is 19.2. The van der Waals surface area contributed by atoms with Crippen molar-refractivity contribution in [2.45, 2.75) is 71.5 Å². The second kappa shape index (κ2) is 11.1. The molecule has 1 saturated carbocycles. The van der Waals surface area contributed by atoms with Gasteiger partial charge in [-0.1, -0.05) is 37.5 Å². The van der Waals surface area contributed by atoms with E-state index in [9.17, 15) is 14.0 Å². The number of carbonyl (C=O) groups excluding carboxylic acids is 2. The molecule has 3 rings (SSSR count). The first-order chi connectivity index (χ1) is 15.3. The molecule has 6 heteroatoms. The van der Waals surface area contributed by atoms with E-state index in [1.165, 1.54) is 23.5 Å². The van der Waals surface area contributed by atoms with Gasteiger partial charge in [0.1, 0.15) is 17.6 Å². The van der Waals surface area contributed by atoms with Gasteiger partial charge in [-0.15, -0.1) is 0 Å². The Labute approximate surface area is 190 Å². The van der Waals surface area contributed by atoms with Crippen LogP contribution >= 0.6 is 0 Å². The predicted octanol–water partition coefficient (Wildman–Crippen LogP) is 4.69. The molecule has 0 aromatic heterocycles. The molecule has 1 N–H and O–H groups in total. The lowest BCUT2D eigenvalue weighted by Gasteiger charge is -2.31. The van der Waals surface area contributed by atoms with Crippen molar-refractivity contribution in [2.24, 2.45) is 0 Å². The van der Waals surface area contributed by atoms with Crippen molar-refractivity contribution in [2.75, 3.05) is 6.61 Å². The molecule has 0 unspecified atom stereocenters. The summed E-state index contributed by atoms with van der Waals surface area (Å²) in [4.78, 5) is 27.6. The second-order valence-electron chi connectivity index (χ2n) is 8.78. The number of benzene rings is 2. The molecule has 0 spiro atoms. The maximum absolute atomic E-state index is 13.3. The molecular weight excluding hydrogens is 407 g/mol. The van der Waals surface area contributed by atoms with Crippen molar-refractivity contribution in [1.29, 1.82) is 0 Å². The van der Waals surface area contributed by atoms with Gasteiger partial charge < -0.3 is 15.0 Å². The molecule has 172 valence electrons. The van der Waals surface area contributed by atoms with Gasteiger partial charge in [0.15, 0.2) is 6.61 Å². The van der Waals surface area contributed by atoms with Crippen molar-refractivity contribution in [3.05, 3.63) is 65.0 Å². The summed E-state index contributed by atoms with van der Waals surface area (Å²) in [6.45, 7) is 5.70. The van der Waals surface area contributed by atoms with E-state index in [-0.39, 0.29) is 36.8 Å². The van der Waals surface area contributed by atoms with E-state index in [1.54, 1.807) is 19.1 Å². The first-order valence-corrected chi connectivity index (χ1v) is 11.4. The number of hydrogen-bond acceptors (Lipinski definition) is 3. The fourth-order valence-electron chi connectivity index (χ4n) is 4.18. The Morgan fingerprint density at radius 2 is 1.69 bits per heavy atom. The van der Waals surface area contributed by atoms with E-state index in [4.69, 9.17) is 4.74 Å². The number of amides is 2. The molecule has 1 aliphatic carbocycles. The van der Waals surface area contributed by atoms with Crippen LogP contribution in [0.5, 0.6) is 5.75 Å². The Morgan fingerprint density at radius 3 is 2.31 bits per heavy atom. The topological polar surface area (TPSA) is 58.6 Å². The van der Waals surface area contributed by atoms with Crippen LogP contribution in [0.25, 0.3) is 0 Å². The number of nitrogens with one attached hydrogen (secondary N) is 1. The molecule has 0 saturated heterocycles. The normalized spacial score (nSPS) is 15.1. The molecule has 2 aromatic carbocycles. The third-order valence-corrected chi connectivity index (χ3v) is 5.94. The quantitative estimate of drug-likeness (QED) is 0.648. The fourth-order valence-corrected chi connectivity index (χ4v) is 4.18. The molecule has 1 aliphatic rings. The maximum Gasteiger partial charge on any atom is 0.261 e. The van der Waals surface area contributed by atoms with Crippen LogP contribution in [0.15, 0.2) is 42.5 Å². The van der Waals surface area contributed by atoms with Gasteiger partial charge >= 0.3 is 0 Å². The van der Waals surface area contributed by atoms with E-state index in [0.29, 0.717) is 5.75 Å². The third kappa shape index (κ3) is 6.81. The van der Waals surface area contributed by atoms with Gasteiger partial charge in [-0.3, -0.25) is 9.59 Å². The molecule has 1 fully saturated rings. The van der Waals surface area contributed by atoms with Gasteiger partial charge in [-0.25, -0.2) is 4.39 Å². The Morgan fingerprint density at radius 1 is 1.06 bits per heavy atom. The van der Waals surface area contributed by atoms with Gasteiger partial charge in [0.2, 0.25) is 5.91 Å². The number of ether oxygens (including phenoxy) is 1. The molecular formula is C26H33FN2O3. The van der Waals surface area contributed by atoms with E-state index in [1.807, 2.05) is 32.0 Å². The van der Waals surface area contributed by atoms with Gasteiger partial charge in [-0.2, -0.15) is 0 Å². The highest BCUT2D eigenvalue weighted by atomic mass is 19.1. The lowest BCUT2D eigenvalue weighted by Crippen LogP contribution is -2.51. The van der Waals surface area contributed by atoms with Gasteiger partial charge in [0.25, 0.3) is 5.91 Å². The standard InChI is InChI=1S/C26H33FN2O3/c1-18-13-19(2)15-24(14-18)32-17-25(30)29(16-21-9-11-22(27)12-10-21)20(3)26(31)28-23-7-5-4-6-8-23/h9-15,20,23H,4-8,16-17H2,1-3H3,(H,28,31)/t20-/m0/s1. The summed E-state index contributed by atoms with van der Waals surface area (Å²) < 4.78 is 19.1. The maximum atomic E-state index is 13.3. The number of hydrogen-bond donors (Lipinski definition) is 1. The summed E-state index contributed by atoms with van der Waals surface area (Å²) in [5.74, 6) is -0.178. The average Bonchev–Trinajstić information content (AvgIpc) is 2.76. The lowest BCUT2D eigenvalue weighted by molar-refractivity contribution is -0.142. The van der Waals surface area contributed by atoms with Crippen LogP contribution in [-0.2, 0) is 16.1 Å². The largest absolute Gasteiger partial charge is 0.484 e. The molecule has 0 bridgehead atoms. The summed E-state index contributed by atoms with van der Waals surface area (Å²) in [5, 5.41) is 3.10. The Hall–Kier alpha value is -2.89. The fraction of sp³-hybridized carbons (Fsp3) is 0.462. The average molecular weight is 441 g/mol. The minimum Gasteiger partial charge on any atom is -0.484 e. The SMILES string of the molecule is Cc1cc(C)cc(OCC(=O)N(Cc2ccc(F)cc2)[C@@H](C)C(=O)NC2CCCCC2)c1. The summed E-state index contributed by atoms with van der Waals surface area (Å²) in [7, 11) is 0. The molecule has 2 amide bonds. The Bertz CT molecular complexity index is 903. The molecule has 2 aromatic rings. The van der Waals surface area contributed by atoms with Crippen molar-refractivity contribution < 1.29 is 18.7 Å². The van der Waals surface area contributed by atoms with Crippen LogP contribution in [0.4, 0.5) is 4.39 Å². The summed E-state index contributed by atoms with van der Waals surface area (Å²) in [5.41, 5.74) is 2.86. The van der Waals surface area contributed by atoms with Crippen molar-refractivity contribution in [3.63, 3.8) is 0 Å². The van der Waals surface area contributed by atoms with E-state index in [2.05, 4.69) is 5.32 Å². The number of nitrogens with zero attached hydrogens (tertiary/aromatic N) is 1. The summed E-state index contributed by atoms with van der Waals surface area (Å²) in [6, 6.07) is 11.3. The first-order valence-electron chi connectivity index (χ1n) is 11.4. The number of halogens is 1.